The summed E-state index contributed by atoms with van der Waals surface area (Å²) in [5.74, 6) is -0.0500. The zero-order chi connectivity index (χ0) is 12.8. The summed E-state index contributed by atoms with van der Waals surface area (Å²) in [5, 5.41) is 6.74. The highest BCUT2D eigenvalue weighted by Crippen LogP contribution is 2.09. The molecular formula is C12H16ClN5O. The Morgan fingerprint density at radius 1 is 1.32 bits per heavy atom. The van der Waals surface area contributed by atoms with E-state index in [1.807, 2.05) is 24.3 Å². The molecule has 3 N–H and O–H groups in total. The number of nitrogens with two attached hydrogens (primary N) is 1. The van der Waals surface area contributed by atoms with Gasteiger partial charge in [0.15, 0.2) is 0 Å². The molecule has 0 saturated carbocycles. The van der Waals surface area contributed by atoms with Gasteiger partial charge in [0, 0.05) is 18.7 Å². The number of carbonyl (C=O) groups excluding carboxylic acids is 1. The SMILES string of the molecule is Cl.NCc1ccc(NC(=O)CCn2cncn2)cc1. The van der Waals surface area contributed by atoms with E-state index in [0.29, 0.717) is 19.5 Å². The minimum absolute atomic E-state index is 0. The topological polar surface area (TPSA) is 85.8 Å². The molecule has 0 radical (unpaired) electrons. The van der Waals surface area contributed by atoms with E-state index in [0.717, 1.165) is 11.3 Å². The summed E-state index contributed by atoms with van der Waals surface area (Å²) in [6, 6.07) is 7.48. The number of aromatic nitrogens is 3. The Kier molecular flexibility index (Phi) is 5.98. The Morgan fingerprint density at radius 3 is 2.63 bits per heavy atom. The number of halogens is 1. The van der Waals surface area contributed by atoms with Crippen molar-refractivity contribution in [2.45, 2.75) is 19.5 Å². The Hall–Kier alpha value is -1.92. The normalized spacial score (nSPS) is 9.74. The standard InChI is InChI=1S/C12H15N5O.ClH/c13-7-10-1-3-11(4-2-10)16-12(18)5-6-17-9-14-8-15-17;/h1-4,8-9H,5-7,13H2,(H,16,18);1H. The van der Waals surface area contributed by atoms with Crippen LogP contribution in [-0.2, 0) is 17.9 Å². The first-order valence-corrected chi connectivity index (χ1v) is 5.69. The molecule has 1 aromatic carbocycles. The van der Waals surface area contributed by atoms with Gasteiger partial charge in [0.2, 0.25) is 5.91 Å². The van der Waals surface area contributed by atoms with Crippen LogP contribution in [0.15, 0.2) is 36.9 Å². The number of aryl methyl sites for hydroxylation is 1. The third-order valence-corrected chi connectivity index (χ3v) is 2.51. The van der Waals surface area contributed by atoms with Crippen molar-refractivity contribution in [1.82, 2.24) is 14.8 Å². The van der Waals surface area contributed by atoms with Crippen molar-refractivity contribution in [2.75, 3.05) is 5.32 Å². The summed E-state index contributed by atoms with van der Waals surface area (Å²) in [4.78, 5) is 15.5. The van der Waals surface area contributed by atoms with Crippen molar-refractivity contribution < 1.29 is 4.79 Å². The molecule has 1 amide bonds. The van der Waals surface area contributed by atoms with Gasteiger partial charge in [-0.15, -0.1) is 12.4 Å². The highest BCUT2D eigenvalue weighted by Gasteiger charge is 2.03. The van der Waals surface area contributed by atoms with E-state index in [1.54, 1.807) is 11.0 Å². The average Bonchev–Trinajstić information content (AvgIpc) is 2.90. The fraction of sp³-hybridized carbons (Fsp3) is 0.250. The maximum Gasteiger partial charge on any atom is 0.226 e. The van der Waals surface area contributed by atoms with Gasteiger partial charge in [0.1, 0.15) is 12.7 Å². The van der Waals surface area contributed by atoms with Crippen molar-refractivity contribution in [2.24, 2.45) is 5.73 Å². The molecule has 0 spiro atoms. The first-order chi connectivity index (χ1) is 8.78. The van der Waals surface area contributed by atoms with Crippen molar-refractivity contribution in [3.05, 3.63) is 42.5 Å². The molecule has 6 nitrogen and oxygen atoms in total. The minimum Gasteiger partial charge on any atom is -0.326 e. The van der Waals surface area contributed by atoms with Crippen LogP contribution in [0.2, 0.25) is 0 Å². The van der Waals surface area contributed by atoms with Crippen LogP contribution in [0.3, 0.4) is 0 Å². The molecule has 1 aromatic heterocycles. The summed E-state index contributed by atoms with van der Waals surface area (Å²) in [6.07, 6.45) is 3.40. The third kappa shape index (κ3) is 4.69. The highest BCUT2D eigenvalue weighted by molar-refractivity contribution is 5.90. The smallest absolute Gasteiger partial charge is 0.226 e. The first kappa shape index (κ1) is 15.1. The van der Waals surface area contributed by atoms with Gasteiger partial charge in [-0.2, -0.15) is 5.10 Å². The van der Waals surface area contributed by atoms with Crippen LogP contribution in [0.25, 0.3) is 0 Å². The average molecular weight is 282 g/mol. The number of hydrogen-bond acceptors (Lipinski definition) is 4. The lowest BCUT2D eigenvalue weighted by Crippen LogP contribution is -2.14. The fourth-order valence-electron chi connectivity index (χ4n) is 1.51. The number of anilines is 1. The molecule has 0 unspecified atom stereocenters. The number of carbonyl (C=O) groups is 1. The Morgan fingerprint density at radius 2 is 2.05 bits per heavy atom. The maximum absolute atomic E-state index is 11.7. The fourth-order valence-corrected chi connectivity index (χ4v) is 1.51. The molecule has 2 aromatic rings. The number of rotatable bonds is 5. The molecular weight excluding hydrogens is 266 g/mol. The van der Waals surface area contributed by atoms with E-state index in [9.17, 15) is 4.79 Å². The number of nitrogens with zero attached hydrogens (tertiary/aromatic N) is 3. The molecule has 0 fully saturated rings. The molecule has 0 aliphatic heterocycles. The van der Waals surface area contributed by atoms with Gasteiger partial charge in [-0.1, -0.05) is 12.1 Å². The summed E-state index contributed by atoms with van der Waals surface area (Å²) in [7, 11) is 0. The van der Waals surface area contributed by atoms with Crippen molar-refractivity contribution in [3.63, 3.8) is 0 Å². The molecule has 0 aliphatic rings. The lowest BCUT2D eigenvalue weighted by atomic mass is 10.2. The second kappa shape index (κ2) is 7.50. The van der Waals surface area contributed by atoms with Gasteiger partial charge in [-0.25, -0.2) is 4.98 Å². The Labute approximate surface area is 117 Å². The van der Waals surface area contributed by atoms with E-state index in [1.165, 1.54) is 6.33 Å². The monoisotopic (exact) mass is 281 g/mol. The summed E-state index contributed by atoms with van der Waals surface area (Å²) >= 11 is 0. The molecule has 1 heterocycles. The van der Waals surface area contributed by atoms with E-state index in [-0.39, 0.29) is 18.3 Å². The Bertz CT molecular complexity index is 497. The second-order valence-corrected chi connectivity index (χ2v) is 3.86. The van der Waals surface area contributed by atoms with Gasteiger partial charge >= 0.3 is 0 Å². The van der Waals surface area contributed by atoms with Gasteiger partial charge < -0.3 is 11.1 Å². The zero-order valence-electron chi connectivity index (χ0n) is 10.3. The molecule has 0 saturated heterocycles. The van der Waals surface area contributed by atoms with Gasteiger partial charge in [0.25, 0.3) is 0 Å². The number of benzene rings is 1. The zero-order valence-corrected chi connectivity index (χ0v) is 11.1. The molecule has 0 aliphatic carbocycles. The van der Waals surface area contributed by atoms with E-state index >= 15 is 0 Å². The highest BCUT2D eigenvalue weighted by atomic mass is 35.5. The molecule has 7 heteroatoms. The van der Waals surface area contributed by atoms with E-state index in [2.05, 4.69) is 15.4 Å². The second-order valence-electron chi connectivity index (χ2n) is 3.86. The van der Waals surface area contributed by atoms with Crippen LogP contribution in [0.4, 0.5) is 5.69 Å². The third-order valence-electron chi connectivity index (χ3n) is 2.51. The largest absolute Gasteiger partial charge is 0.326 e. The summed E-state index contributed by atoms with van der Waals surface area (Å²) in [5.41, 5.74) is 7.31. The van der Waals surface area contributed by atoms with Crippen LogP contribution in [0.1, 0.15) is 12.0 Å². The first-order valence-electron chi connectivity index (χ1n) is 5.69. The van der Waals surface area contributed by atoms with E-state index in [4.69, 9.17) is 5.73 Å². The lowest BCUT2D eigenvalue weighted by Gasteiger charge is -2.06. The summed E-state index contributed by atoms with van der Waals surface area (Å²) in [6.45, 7) is 1.02. The van der Waals surface area contributed by atoms with Crippen LogP contribution >= 0.6 is 12.4 Å². The number of nitrogens with one attached hydrogen (secondary N) is 1. The molecule has 0 bridgehead atoms. The van der Waals surface area contributed by atoms with Crippen LogP contribution in [0, 0.1) is 0 Å². The van der Waals surface area contributed by atoms with Gasteiger partial charge in [-0.3, -0.25) is 9.48 Å². The molecule has 0 atom stereocenters. The molecule has 102 valence electrons. The van der Waals surface area contributed by atoms with Crippen molar-refractivity contribution in [1.29, 1.82) is 0 Å². The van der Waals surface area contributed by atoms with Gasteiger partial charge in [-0.05, 0) is 17.7 Å². The van der Waals surface area contributed by atoms with Crippen LogP contribution < -0.4 is 11.1 Å². The predicted octanol–water partition coefficient (Wildman–Crippen LogP) is 1.19. The van der Waals surface area contributed by atoms with Crippen molar-refractivity contribution in [3.8, 4) is 0 Å². The Balaban J connectivity index is 0.00000180. The molecule has 19 heavy (non-hydrogen) atoms. The van der Waals surface area contributed by atoms with Gasteiger partial charge in [0.05, 0.1) is 6.54 Å². The predicted molar refractivity (Wildman–Crippen MR) is 74.9 cm³/mol. The minimum atomic E-state index is -0.0500. The van der Waals surface area contributed by atoms with Crippen molar-refractivity contribution >= 4 is 24.0 Å². The lowest BCUT2D eigenvalue weighted by molar-refractivity contribution is -0.116. The maximum atomic E-state index is 11.7. The van der Waals surface area contributed by atoms with Crippen LogP contribution in [-0.4, -0.2) is 20.7 Å². The number of amides is 1. The quantitative estimate of drug-likeness (QED) is 0.862. The van der Waals surface area contributed by atoms with Crippen LogP contribution in [0.5, 0.6) is 0 Å². The summed E-state index contributed by atoms with van der Waals surface area (Å²) < 4.78 is 1.62. The number of hydrogen-bond donors (Lipinski definition) is 2. The van der Waals surface area contributed by atoms with E-state index < -0.39 is 0 Å². The molecule has 2 rings (SSSR count).